The lowest BCUT2D eigenvalue weighted by molar-refractivity contribution is -0.143. The van der Waals surface area contributed by atoms with Gasteiger partial charge in [-0.05, 0) is 60.8 Å². The summed E-state index contributed by atoms with van der Waals surface area (Å²) in [4.78, 5) is 33.4. The molecule has 6 atom stereocenters. The lowest BCUT2D eigenvalue weighted by Crippen LogP contribution is -2.53. The molecule has 36 heavy (non-hydrogen) atoms. The Morgan fingerprint density at radius 3 is 2.72 bits per heavy atom. The summed E-state index contributed by atoms with van der Waals surface area (Å²) >= 11 is 1.53. The van der Waals surface area contributed by atoms with Gasteiger partial charge in [0, 0.05) is 35.9 Å². The van der Waals surface area contributed by atoms with Crippen molar-refractivity contribution in [1.82, 2.24) is 9.88 Å². The number of methoxy groups -OCH3 is 1. The predicted molar refractivity (Wildman–Crippen MR) is 143 cm³/mol. The van der Waals surface area contributed by atoms with E-state index in [4.69, 9.17) is 9.72 Å². The van der Waals surface area contributed by atoms with Gasteiger partial charge in [-0.2, -0.15) is 0 Å². The number of carbonyl (C=O) groups excluding carboxylic acids is 2. The number of hydrogen-bond acceptors (Lipinski definition) is 6. The van der Waals surface area contributed by atoms with Crippen LogP contribution in [0, 0.1) is 23.2 Å². The van der Waals surface area contributed by atoms with E-state index in [-0.39, 0.29) is 40.9 Å². The molecule has 2 aliphatic rings. The molecule has 1 saturated carbocycles. The fourth-order valence-electron chi connectivity index (χ4n) is 6.33. The second-order valence-electron chi connectivity index (χ2n) is 10.6. The third-order valence-corrected chi connectivity index (χ3v) is 9.29. The average molecular weight is 512 g/mol. The Bertz CT molecular complexity index is 1130. The van der Waals surface area contributed by atoms with Crippen LogP contribution in [0.5, 0.6) is 5.75 Å². The first-order valence-electron chi connectivity index (χ1n) is 12.6. The van der Waals surface area contributed by atoms with Gasteiger partial charge in [0.25, 0.3) is 5.91 Å². The lowest BCUT2D eigenvalue weighted by atomic mass is 9.53. The Balaban J connectivity index is 1.53. The van der Waals surface area contributed by atoms with Gasteiger partial charge in [-0.15, -0.1) is 17.9 Å². The molecule has 0 aliphatic heterocycles. The van der Waals surface area contributed by atoms with Crippen molar-refractivity contribution in [2.24, 2.45) is 23.2 Å². The zero-order chi connectivity index (χ0) is 26.2. The number of anilines is 1. The maximum absolute atomic E-state index is 13.0. The topological polar surface area (TPSA) is 91.8 Å². The largest absolute Gasteiger partial charge is 0.497 e. The van der Waals surface area contributed by atoms with Gasteiger partial charge in [0.1, 0.15) is 5.75 Å². The van der Waals surface area contributed by atoms with Crippen LogP contribution >= 0.6 is 11.3 Å². The molecule has 0 radical (unpaired) electrons. The number of hydrogen-bond donors (Lipinski definition) is 2. The number of fused-ring (bicyclic) bond motifs is 2. The zero-order valence-corrected chi connectivity index (χ0v) is 22.6. The first-order chi connectivity index (χ1) is 17.1. The highest BCUT2D eigenvalue weighted by atomic mass is 32.1. The fourth-order valence-corrected chi connectivity index (χ4v) is 7.59. The number of benzene rings is 1. The summed E-state index contributed by atoms with van der Waals surface area (Å²) in [6.07, 6.45) is 3.69. The van der Waals surface area contributed by atoms with Gasteiger partial charge in [-0.1, -0.05) is 26.8 Å². The summed E-state index contributed by atoms with van der Waals surface area (Å²) < 4.78 is 5.17. The van der Waals surface area contributed by atoms with Crippen molar-refractivity contribution in [1.29, 1.82) is 0 Å². The van der Waals surface area contributed by atoms with Crippen molar-refractivity contribution >= 4 is 28.3 Å². The number of nitrogens with zero attached hydrogens (tertiary/aromatic N) is 2. The minimum absolute atomic E-state index is 0.00375. The Hall–Kier alpha value is -2.71. The molecule has 2 amide bonds. The molecule has 7 nitrogen and oxygen atoms in total. The van der Waals surface area contributed by atoms with Gasteiger partial charge in [-0.25, -0.2) is 4.98 Å². The van der Waals surface area contributed by atoms with Crippen LogP contribution in [-0.2, 0) is 11.2 Å². The number of ether oxygens (including phenoxy) is 1. The summed E-state index contributed by atoms with van der Waals surface area (Å²) in [6, 6.07) is 6.97. The first kappa shape index (κ1) is 26.4. The van der Waals surface area contributed by atoms with Crippen molar-refractivity contribution < 1.29 is 19.4 Å². The number of amides is 2. The molecule has 8 heteroatoms. The molecular weight excluding hydrogens is 474 g/mol. The fraction of sp³-hybridized carbons (Fsp3) is 0.536. The van der Waals surface area contributed by atoms with Crippen molar-refractivity contribution in [3.63, 3.8) is 0 Å². The molecule has 2 N–H and O–H groups in total. The zero-order valence-electron chi connectivity index (χ0n) is 21.8. The molecule has 2 aromatic rings. The minimum Gasteiger partial charge on any atom is -0.497 e. The number of thiazole rings is 1. The van der Waals surface area contributed by atoms with Gasteiger partial charge in [0.05, 0.1) is 18.9 Å². The molecule has 194 valence electrons. The first-order valence-corrected chi connectivity index (χ1v) is 13.4. The average Bonchev–Trinajstić information content (AvgIpc) is 3.25. The van der Waals surface area contributed by atoms with Crippen LogP contribution in [0.1, 0.15) is 60.5 Å². The van der Waals surface area contributed by atoms with Crippen molar-refractivity contribution in [2.75, 3.05) is 26.0 Å². The summed E-state index contributed by atoms with van der Waals surface area (Å²) in [7, 11) is 3.37. The van der Waals surface area contributed by atoms with E-state index < -0.39 is 6.10 Å². The van der Waals surface area contributed by atoms with Gasteiger partial charge in [-0.3, -0.25) is 14.9 Å². The highest BCUT2D eigenvalue weighted by Crippen LogP contribution is 2.57. The van der Waals surface area contributed by atoms with E-state index >= 15 is 0 Å². The summed E-state index contributed by atoms with van der Waals surface area (Å²) in [5, 5.41) is 15.1. The van der Waals surface area contributed by atoms with Crippen molar-refractivity contribution in [3.05, 3.63) is 53.1 Å². The highest BCUT2D eigenvalue weighted by Gasteiger charge is 2.54. The van der Waals surface area contributed by atoms with Crippen LogP contribution < -0.4 is 10.1 Å². The molecule has 1 aromatic carbocycles. The number of nitrogens with one attached hydrogen (secondary N) is 1. The van der Waals surface area contributed by atoms with Crippen LogP contribution in [0.15, 0.2) is 36.9 Å². The molecule has 0 saturated heterocycles. The van der Waals surface area contributed by atoms with E-state index in [0.717, 1.165) is 25.0 Å². The number of aliphatic hydroxyl groups excluding tert-OH is 1. The van der Waals surface area contributed by atoms with E-state index in [9.17, 15) is 14.7 Å². The monoisotopic (exact) mass is 511 g/mol. The van der Waals surface area contributed by atoms with Crippen LogP contribution in [-0.4, -0.2) is 53.6 Å². The number of likely N-dealkylation sites (N-methyl/N-ethyl adjacent to an activating group) is 1. The summed E-state index contributed by atoms with van der Waals surface area (Å²) in [5.41, 5.74) is 1.41. The summed E-state index contributed by atoms with van der Waals surface area (Å²) in [6.45, 7) is 10.5. The smallest absolute Gasteiger partial charge is 0.257 e. The number of carbonyl (C=O) groups is 2. The summed E-state index contributed by atoms with van der Waals surface area (Å²) in [5.74, 6) is 0.183. The SMILES string of the molecule is C=CCN(C)C(=O)[C@@H](C)[C@@H]1CC[C@@]2(C)Cc3sc(NC(=O)c4ccc(OC)cc4)nc3[C@@H](C)[C@@H]2[C@H]1O. The van der Waals surface area contributed by atoms with E-state index in [1.807, 2.05) is 6.92 Å². The Kier molecular flexibility index (Phi) is 7.57. The molecule has 1 heterocycles. The predicted octanol–water partition coefficient (Wildman–Crippen LogP) is 4.74. The van der Waals surface area contributed by atoms with E-state index in [1.165, 1.54) is 16.2 Å². The third kappa shape index (κ3) is 4.81. The normalized spacial score (nSPS) is 27.8. The maximum Gasteiger partial charge on any atom is 0.257 e. The lowest BCUT2D eigenvalue weighted by Gasteiger charge is -2.53. The third-order valence-electron chi connectivity index (χ3n) is 8.31. The Labute approximate surface area is 217 Å². The standard InChI is InChI=1S/C28H37N3O4S/c1-7-14-31(5)26(34)16(2)20-12-13-28(4)15-21-23(17(3)22(28)24(20)32)29-27(36-21)30-25(33)18-8-10-19(35-6)11-9-18/h7-11,16-17,20,22,24,32H,1,12-15H2,2-6H3,(H,29,30,33)/t16-,17-,20-,22+,24-,28-/m0/s1. The molecule has 1 aromatic heterocycles. The Morgan fingerprint density at radius 2 is 2.08 bits per heavy atom. The van der Waals surface area contributed by atoms with E-state index in [1.54, 1.807) is 49.4 Å². The minimum atomic E-state index is -0.595. The molecular formula is C28H37N3O4S. The second-order valence-corrected chi connectivity index (χ2v) is 11.7. The van der Waals surface area contributed by atoms with Gasteiger partial charge < -0.3 is 14.7 Å². The van der Waals surface area contributed by atoms with Gasteiger partial charge in [0.15, 0.2) is 5.13 Å². The van der Waals surface area contributed by atoms with Crippen LogP contribution in [0.25, 0.3) is 0 Å². The Morgan fingerprint density at radius 1 is 1.39 bits per heavy atom. The molecule has 0 spiro atoms. The molecule has 2 aliphatic carbocycles. The maximum atomic E-state index is 13.0. The number of aliphatic hydroxyl groups is 1. The van der Waals surface area contributed by atoms with E-state index in [0.29, 0.717) is 23.0 Å². The molecule has 0 unspecified atom stereocenters. The van der Waals surface area contributed by atoms with Crippen molar-refractivity contribution in [3.8, 4) is 5.75 Å². The number of aromatic nitrogens is 1. The van der Waals surface area contributed by atoms with Crippen molar-refractivity contribution in [2.45, 2.75) is 52.1 Å². The van der Waals surface area contributed by atoms with Crippen LogP contribution in [0.4, 0.5) is 5.13 Å². The number of rotatable bonds is 7. The molecule has 1 fully saturated rings. The molecule has 0 bridgehead atoms. The van der Waals surface area contributed by atoms with Crippen LogP contribution in [0.3, 0.4) is 0 Å². The van der Waals surface area contributed by atoms with E-state index in [2.05, 4.69) is 25.7 Å². The van der Waals surface area contributed by atoms with Crippen LogP contribution in [0.2, 0.25) is 0 Å². The highest BCUT2D eigenvalue weighted by molar-refractivity contribution is 7.15. The molecule has 4 rings (SSSR count). The second kappa shape index (κ2) is 10.3. The quantitative estimate of drug-likeness (QED) is 0.524. The van der Waals surface area contributed by atoms with Gasteiger partial charge >= 0.3 is 0 Å². The van der Waals surface area contributed by atoms with Gasteiger partial charge in [0.2, 0.25) is 5.91 Å².